The number of hydrogen-bond acceptors (Lipinski definition) is 6. The maximum Gasteiger partial charge on any atom is 0.236 e. The Morgan fingerprint density at radius 2 is 2.05 bits per heavy atom. The van der Waals surface area contributed by atoms with Crippen molar-refractivity contribution in [1.82, 2.24) is 19.8 Å². The summed E-state index contributed by atoms with van der Waals surface area (Å²) in [5.41, 5.74) is 6.46. The number of nitrogen functional groups attached to an aromatic ring is 1. The number of carbonyl (C=O) groups is 1. The van der Waals surface area contributed by atoms with Gasteiger partial charge >= 0.3 is 0 Å². The van der Waals surface area contributed by atoms with E-state index in [2.05, 4.69) is 14.9 Å². The Bertz CT molecular complexity index is 504. The average Bonchev–Trinajstić information content (AvgIpc) is 3.01. The molecule has 3 heterocycles. The molecule has 0 bridgehead atoms. The number of hydrogen-bond donors (Lipinski definition) is 1. The Kier molecular flexibility index (Phi) is 4.31. The molecule has 2 N–H and O–H groups in total. The third-order valence-corrected chi connectivity index (χ3v) is 4.04. The summed E-state index contributed by atoms with van der Waals surface area (Å²) in [6.45, 7) is 4.18. The van der Waals surface area contributed by atoms with Crippen LogP contribution in [0.5, 0.6) is 0 Å². The van der Waals surface area contributed by atoms with Crippen LogP contribution in [0.1, 0.15) is 24.6 Å². The number of anilines is 1. The van der Waals surface area contributed by atoms with E-state index in [9.17, 15) is 4.79 Å². The molecule has 7 nitrogen and oxygen atoms in total. The lowest BCUT2D eigenvalue weighted by atomic mass is 10.2. The normalized spacial score (nSPS) is 23.4. The second kappa shape index (κ2) is 6.36. The first-order chi connectivity index (χ1) is 10.2. The van der Waals surface area contributed by atoms with E-state index >= 15 is 0 Å². The Balaban J connectivity index is 1.62. The highest BCUT2D eigenvalue weighted by atomic mass is 16.5. The van der Waals surface area contributed by atoms with E-state index in [-0.39, 0.29) is 12.0 Å². The van der Waals surface area contributed by atoms with Crippen molar-refractivity contribution >= 4 is 11.7 Å². The van der Waals surface area contributed by atoms with Gasteiger partial charge in [-0.3, -0.25) is 14.7 Å². The lowest BCUT2D eigenvalue weighted by Crippen LogP contribution is -2.46. The Morgan fingerprint density at radius 1 is 1.29 bits per heavy atom. The van der Waals surface area contributed by atoms with Crippen LogP contribution < -0.4 is 5.73 Å². The fraction of sp³-hybridized carbons (Fsp3) is 0.643. The lowest BCUT2D eigenvalue weighted by molar-refractivity contribution is -0.140. The van der Waals surface area contributed by atoms with E-state index in [0.717, 1.165) is 13.1 Å². The van der Waals surface area contributed by atoms with Crippen LogP contribution in [0.4, 0.5) is 5.82 Å². The second-order valence-electron chi connectivity index (χ2n) is 5.51. The van der Waals surface area contributed by atoms with Crippen LogP contribution in [0.2, 0.25) is 0 Å². The van der Waals surface area contributed by atoms with Crippen LogP contribution in [0.3, 0.4) is 0 Å². The molecular formula is C14H21N5O2. The van der Waals surface area contributed by atoms with Gasteiger partial charge in [-0.15, -0.1) is 0 Å². The molecule has 3 rings (SSSR count). The van der Waals surface area contributed by atoms with Crippen molar-refractivity contribution < 1.29 is 9.53 Å². The van der Waals surface area contributed by atoms with Crippen molar-refractivity contribution in [2.24, 2.45) is 0 Å². The molecule has 2 fully saturated rings. The van der Waals surface area contributed by atoms with Gasteiger partial charge in [-0.1, -0.05) is 0 Å². The van der Waals surface area contributed by atoms with Gasteiger partial charge in [0.2, 0.25) is 5.91 Å². The summed E-state index contributed by atoms with van der Waals surface area (Å²) in [7, 11) is 0. The zero-order valence-electron chi connectivity index (χ0n) is 12.1. The van der Waals surface area contributed by atoms with Crippen molar-refractivity contribution in [2.45, 2.75) is 18.9 Å². The van der Waals surface area contributed by atoms with E-state index in [1.807, 2.05) is 4.90 Å². The minimum atomic E-state index is -0.282. The number of ether oxygens (including phenoxy) is 1. The van der Waals surface area contributed by atoms with Crippen molar-refractivity contribution in [3.63, 3.8) is 0 Å². The van der Waals surface area contributed by atoms with Crippen LogP contribution in [-0.2, 0) is 9.53 Å². The first-order valence-electron chi connectivity index (χ1n) is 7.42. The zero-order valence-corrected chi connectivity index (χ0v) is 12.1. The molecule has 1 unspecified atom stereocenters. The highest BCUT2D eigenvalue weighted by Crippen LogP contribution is 2.23. The molecule has 1 aromatic rings. The molecule has 0 aliphatic carbocycles. The van der Waals surface area contributed by atoms with Crippen LogP contribution in [0.25, 0.3) is 0 Å². The molecular weight excluding hydrogens is 270 g/mol. The molecule has 0 saturated carbocycles. The summed E-state index contributed by atoms with van der Waals surface area (Å²) in [6, 6.07) is 0. The molecule has 114 valence electrons. The number of amides is 1. The number of carbonyl (C=O) groups excluding carboxylic acids is 1. The smallest absolute Gasteiger partial charge is 0.236 e. The van der Waals surface area contributed by atoms with Gasteiger partial charge in [-0.25, -0.2) is 4.98 Å². The predicted octanol–water partition coefficient (Wildman–Crippen LogP) is 0.0545. The van der Waals surface area contributed by atoms with Gasteiger partial charge < -0.3 is 15.4 Å². The second-order valence-corrected chi connectivity index (χ2v) is 5.51. The molecule has 1 atom stereocenters. The molecule has 1 aromatic heterocycles. The Labute approximate surface area is 124 Å². The van der Waals surface area contributed by atoms with Crippen LogP contribution in [0.15, 0.2) is 12.4 Å². The quantitative estimate of drug-likeness (QED) is 0.847. The van der Waals surface area contributed by atoms with Crippen molar-refractivity contribution in [3.8, 4) is 0 Å². The van der Waals surface area contributed by atoms with Crippen molar-refractivity contribution in [3.05, 3.63) is 18.1 Å². The van der Waals surface area contributed by atoms with Crippen molar-refractivity contribution in [2.75, 3.05) is 45.1 Å². The number of morpholine rings is 1. The third-order valence-electron chi connectivity index (χ3n) is 4.04. The highest BCUT2D eigenvalue weighted by molar-refractivity contribution is 5.78. The summed E-state index contributed by atoms with van der Waals surface area (Å²) < 4.78 is 5.71. The fourth-order valence-electron chi connectivity index (χ4n) is 2.88. The first kappa shape index (κ1) is 14.2. The van der Waals surface area contributed by atoms with Gasteiger partial charge in [0.25, 0.3) is 0 Å². The average molecular weight is 291 g/mol. The molecule has 0 spiro atoms. The number of nitrogens with zero attached hydrogens (tertiary/aromatic N) is 4. The predicted molar refractivity (Wildman–Crippen MR) is 77.4 cm³/mol. The number of nitrogens with two attached hydrogens (primary N) is 1. The van der Waals surface area contributed by atoms with E-state index < -0.39 is 0 Å². The van der Waals surface area contributed by atoms with Gasteiger partial charge in [-0.05, 0) is 25.9 Å². The van der Waals surface area contributed by atoms with Crippen LogP contribution in [0, 0.1) is 0 Å². The summed E-state index contributed by atoms with van der Waals surface area (Å²) in [4.78, 5) is 24.7. The van der Waals surface area contributed by atoms with E-state index in [4.69, 9.17) is 10.5 Å². The summed E-state index contributed by atoms with van der Waals surface area (Å²) >= 11 is 0. The molecule has 21 heavy (non-hydrogen) atoms. The van der Waals surface area contributed by atoms with Gasteiger partial charge in [0, 0.05) is 18.9 Å². The molecule has 7 heteroatoms. The van der Waals surface area contributed by atoms with Crippen LogP contribution >= 0.6 is 0 Å². The van der Waals surface area contributed by atoms with Gasteiger partial charge in [0.05, 0.1) is 19.7 Å². The summed E-state index contributed by atoms with van der Waals surface area (Å²) in [5, 5.41) is 0. The largest absolute Gasteiger partial charge is 0.382 e. The van der Waals surface area contributed by atoms with E-state index in [1.54, 1.807) is 12.4 Å². The minimum Gasteiger partial charge on any atom is -0.382 e. The standard InChI is InChI=1S/C14H21N5O2/c15-14-13(16-3-4-17-14)11-9-19(7-8-21-11)12(20)10-18-5-1-2-6-18/h3-4,11H,1-2,5-10H2,(H2,15,17). The number of likely N-dealkylation sites (tertiary alicyclic amines) is 1. The van der Waals surface area contributed by atoms with Gasteiger partial charge in [-0.2, -0.15) is 0 Å². The molecule has 0 aromatic carbocycles. The van der Waals surface area contributed by atoms with E-state index in [0.29, 0.717) is 37.8 Å². The molecule has 1 amide bonds. The number of aromatic nitrogens is 2. The SMILES string of the molecule is Nc1nccnc1C1CN(C(=O)CN2CCCC2)CCO1. The van der Waals surface area contributed by atoms with Crippen LogP contribution in [-0.4, -0.2) is 65.0 Å². The molecule has 2 aliphatic heterocycles. The fourth-order valence-corrected chi connectivity index (χ4v) is 2.88. The Morgan fingerprint density at radius 3 is 2.81 bits per heavy atom. The van der Waals surface area contributed by atoms with Gasteiger partial charge in [0.15, 0.2) is 0 Å². The zero-order chi connectivity index (χ0) is 14.7. The molecule has 2 aliphatic rings. The summed E-state index contributed by atoms with van der Waals surface area (Å²) in [6.07, 6.45) is 5.25. The van der Waals surface area contributed by atoms with E-state index in [1.165, 1.54) is 12.8 Å². The maximum absolute atomic E-state index is 12.4. The first-order valence-corrected chi connectivity index (χ1v) is 7.42. The Hall–Kier alpha value is -1.73. The highest BCUT2D eigenvalue weighted by Gasteiger charge is 2.29. The van der Waals surface area contributed by atoms with Crippen molar-refractivity contribution in [1.29, 1.82) is 0 Å². The molecule has 0 radical (unpaired) electrons. The third kappa shape index (κ3) is 3.30. The lowest BCUT2D eigenvalue weighted by Gasteiger charge is -2.33. The summed E-state index contributed by atoms with van der Waals surface area (Å²) in [5.74, 6) is 0.531. The topological polar surface area (TPSA) is 84.6 Å². The monoisotopic (exact) mass is 291 g/mol. The van der Waals surface area contributed by atoms with Gasteiger partial charge in [0.1, 0.15) is 17.6 Å². The maximum atomic E-state index is 12.4. The molecule has 2 saturated heterocycles. The minimum absolute atomic E-state index is 0.160. The number of rotatable bonds is 3.